The van der Waals surface area contributed by atoms with Crippen molar-refractivity contribution in [3.8, 4) is 0 Å². The van der Waals surface area contributed by atoms with Crippen LogP contribution in [-0.4, -0.2) is 47.1 Å². The van der Waals surface area contributed by atoms with Gasteiger partial charge in [0, 0.05) is 38.3 Å². The van der Waals surface area contributed by atoms with Gasteiger partial charge in [0.15, 0.2) is 0 Å². The molecule has 0 radical (unpaired) electrons. The second-order valence-corrected chi connectivity index (χ2v) is 5.10. The Morgan fingerprint density at radius 3 is 2.35 bits per heavy atom. The molecule has 5 heteroatoms. The minimum Gasteiger partial charge on any atom is -0.354 e. The van der Waals surface area contributed by atoms with E-state index in [9.17, 15) is 0 Å². The minimum absolute atomic E-state index is 0.527. The quantitative estimate of drug-likeness (QED) is 0.756. The summed E-state index contributed by atoms with van der Waals surface area (Å²) in [4.78, 5) is 13.3. The largest absolute Gasteiger partial charge is 0.354 e. The molecule has 0 aromatic carbocycles. The molecule has 0 N–H and O–H groups in total. The van der Waals surface area contributed by atoms with E-state index in [1.165, 1.54) is 0 Å². The third kappa shape index (κ3) is 3.07. The summed E-state index contributed by atoms with van der Waals surface area (Å²) in [6.07, 6.45) is 0. The van der Waals surface area contributed by atoms with Crippen molar-refractivity contribution < 1.29 is 0 Å². The molecule has 1 fully saturated rings. The van der Waals surface area contributed by atoms with Gasteiger partial charge in [0.25, 0.3) is 0 Å². The van der Waals surface area contributed by atoms with E-state index >= 15 is 0 Å². The zero-order valence-electron chi connectivity index (χ0n) is 10.6. The summed E-state index contributed by atoms with van der Waals surface area (Å²) in [5, 5.41) is 0.527. The van der Waals surface area contributed by atoms with Crippen molar-refractivity contribution in [1.82, 2.24) is 14.9 Å². The fourth-order valence-electron chi connectivity index (χ4n) is 2.15. The molecule has 0 unspecified atom stereocenters. The standard InChI is InChI=1S/C12H19ClN4/c1-9(2)16-4-6-17(7-5-16)12-8-11(13)14-10(3)15-12/h8-9H,4-7H2,1-3H3. The second-order valence-electron chi connectivity index (χ2n) is 4.71. The number of piperazine rings is 1. The molecule has 1 aliphatic rings. The molecule has 0 amide bonds. The van der Waals surface area contributed by atoms with Gasteiger partial charge in [0.2, 0.25) is 0 Å². The summed E-state index contributed by atoms with van der Waals surface area (Å²) in [5.74, 6) is 1.68. The van der Waals surface area contributed by atoms with Crippen molar-refractivity contribution in [1.29, 1.82) is 0 Å². The van der Waals surface area contributed by atoms with E-state index in [4.69, 9.17) is 11.6 Å². The predicted octanol–water partition coefficient (Wildman–Crippen LogP) is 1.97. The van der Waals surface area contributed by atoms with Gasteiger partial charge in [0.05, 0.1) is 0 Å². The molecule has 1 saturated heterocycles. The van der Waals surface area contributed by atoms with Crippen LogP contribution in [-0.2, 0) is 0 Å². The van der Waals surface area contributed by atoms with E-state index in [1.807, 2.05) is 13.0 Å². The number of aryl methyl sites for hydroxylation is 1. The first kappa shape index (κ1) is 12.6. The first-order valence-corrected chi connectivity index (χ1v) is 6.44. The number of anilines is 1. The first-order valence-electron chi connectivity index (χ1n) is 6.06. The van der Waals surface area contributed by atoms with E-state index in [0.29, 0.717) is 11.2 Å². The molecule has 94 valence electrons. The van der Waals surface area contributed by atoms with Crippen LogP contribution in [0.5, 0.6) is 0 Å². The van der Waals surface area contributed by atoms with Gasteiger partial charge in [-0.2, -0.15) is 0 Å². The molecular weight excluding hydrogens is 236 g/mol. The lowest BCUT2D eigenvalue weighted by molar-refractivity contribution is 0.209. The molecule has 1 aliphatic heterocycles. The van der Waals surface area contributed by atoms with Gasteiger partial charge in [-0.05, 0) is 20.8 Å². The molecule has 2 rings (SSSR count). The summed E-state index contributed by atoms with van der Waals surface area (Å²) in [6, 6.07) is 2.47. The Kier molecular flexibility index (Phi) is 3.84. The zero-order chi connectivity index (χ0) is 12.4. The summed E-state index contributed by atoms with van der Waals surface area (Å²) in [6.45, 7) is 10.5. The van der Waals surface area contributed by atoms with Crippen LogP contribution in [0, 0.1) is 6.92 Å². The van der Waals surface area contributed by atoms with Crippen molar-refractivity contribution in [2.24, 2.45) is 0 Å². The summed E-state index contributed by atoms with van der Waals surface area (Å²) in [5.41, 5.74) is 0. The number of hydrogen-bond donors (Lipinski definition) is 0. The van der Waals surface area contributed by atoms with Gasteiger partial charge in [-0.15, -0.1) is 0 Å². The number of nitrogens with zero attached hydrogens (tertiary/aromatic N) is 4. The third-order valence-electron chi connectivity index (χ3n) is 3.16. The average Bonchev–Trinajstić information content (AvgIpc) is 2.28. The van der Waals surface area contributed by atoms with Gasteiger partial charge in [-0.1, -0.05) is 11.6 Å². The smallest absolute Gasteiger partial charge is 0.134 e. The number of rotatable bonds is 2. The summed E-state index contributed by atoms with van der Waals surface area (Å²) in [7, 11) is 0. The van der Waals surface area contributed by atoms with Crippen molar-refractivity contribution in [3.63, 3.8) is 0 Å². The fraction of sp³-hybridized carbons (Fsp3) is 0.667. The van der Waals surface area contributed by atoms with Crippen LogP contribution in [0.4, 0.5) is 5.82 Å². The van der Waals surface area contributed by atoms with Gasteiger partial charge < -0.3 is 4.90 Å². The Morgan fingerprint density at radius 2 is 1.82 bits per heavy atom. The topological polar surface area (TPSA) is 32.3 Å². The van der Waals surface area contributed by atoms with E-state index < -0.39 is 0 Å². The molecule has 0 atom stereocenters. The van der Waals surface area contributed by atoms with Crippen LogP contribution < -0.4 is 4.90 Å². The SMILES string of the molecule is Cc1nc(Cl)cc(N2CCN(C(C)C)CC2)n1. The Hall–Kier alpha value is -0.870. The Balaban J connectivity index is 2.05. The van der Waals surface area contributed by atoms with Gasteiger partial charge in [-0.25, -0.2) is 9.97 Å². The van der Waals surface area contributed by atoms with E-state index in [2.05, 4.69) is 33.6 Å². The maximum absolute atomic E-state index is 5.96. The molecule has 1 aromatic rings. The van der Waals surface area contributed by atoms with Crippen LogP contribution in [0.25, 0.3) is 0 Å². The highest BCUT2D eigenvalue weighted by atomic mass is 35.5. The van der Waals surface area contributed by atoms with E-state index in [0.717, 1.165) is 37.8 Å². The maximum Gasteiger partial charge on any atom is 0.134 e. The highest BCUT2D eigenvalue weighted by molar-refractivity contribution is 6.29. The van der Waals surface area contributed by atoms with Crippen LogP contribution in [0.1, 0.15) is 19.7 Å². The average molecular weight is 255 g/mol. The Morgan fingerprint density at radius 1 is 1.18 bits per heavy atom. The Labute approximate surface area is 108 Å². The van der Waals surface area contributed by atoms with Gasteiger partial charge in [0.1, 0.15) is 16.8 Å². The van der Waals surface area contributed by atoms with Crippen LogP contribution in [0.3, 0.4) is 0 Å². The number of halogens is 1. The van der Waals surface area contributed by atoms with Gasteiger partial charge in [-0.3, -0.25) is 4.90 Å². The van der Waals surface area contributed by atoms with E-state index in [-0.39, 0.29) is 0 Å². The third-order valence-corrected chi connectivity index (χ3v) is 3.36. The molecule has 1 aromatic heterocycles. The lowest BCUT2D eigenvalue weighted by Crippen LogP contribution is -2.49. The molecule has 0 spiro atoms. The first-order chi connectivity index (χ1) is 8.06. The van der Waals surface area contributed by atoms with E-state index in [1.54, 1.807) is 0 Å². The molecule has 17 heavy (non-hydrogen) atoms. The van der Waals surface area contributed by atoms with Crippen molar-refractivity contribution in [3.05, 3.63) is 17.0 Å². The van der Waals surface area contributed by atoms with Crippen LogP contribution in [0.15, 0.2) is 6.07 Å². The second kappa shape index (κ2) is 5.19. The lowest BCUT2D eigenvalue weighted by atomic mass is 10.2. The lowest BCUT2D eigenvalue weighted by Gasteiger charge is -2.37. The fourth-order valence-corrected chi connectivity index (χ4v) is 2.37. The van der Waals surface area contributed by atoms with Crippen molar-refractivity contribution >= 4 is 17.4 Å². The molecular formula is C12H19ClN4. The molecule has 2 heterocycles. The number of hydrogen-bond acceptors (Lipinski definition) is 4. The highest BCUT2D eigenvalue weighted by Gasteiger charge is 2.20. The summed E-state index contributed by atoms with van der Waals surface area (Å²) >= 11 is 5.96. The Bertz CT molecular complexity index is 366. The monoisotopic (exact) mass is 254 g/mol. The maximum atomic E-state index is 5.96. The normalized spacial score (nSPS) is 17.8. The number of aromatic nitrogens is 2. The predicted molar refractivity (Wildman–Crippen MR) is 70.7 cm³/mol. The minimum atomic E-state index is 0.527. The van der Waals surface area contributed by atoms with Crippen LogP contribution in [0.2, 0.25) is 5.15 Å². The highest BCUT2D eigenvalue weighted by Crippen LogP contribution is 2.18. The zero-order valence-corrected chi connectivity index (χ0v) is 11.4. The summed E-state index contributed by atoms with van der Waals surface area (Å²) < 4.78 is 0. The molecule has 0 aliphatic carbocycles. The van der Waals surface area contributed by atoms with Crippen molar-refractivity contribution in [2.45, 2.75) is 26.8 Å². The molecule has 4 nitrogen and oxygen atoms in total. The molecule has 0 saturated carbocycles. The van der Waals surface area contributed by atoms with Crippen LogP contribution >= 0.6 is 11.6 Å². The van der Waals surface area contributed by atoms with Gasteiger partial charge >= 0.3 is 0 Å². The van der Waals surface area contributed by atoms with Crippen molar-refractivity contribution in [2.75, 3.05) is 31.1 Å². The molecule has 0 bridgehead atoms.